The molecule has 0 saturated heterocycles. The fraction of sp³-hybridized carbons (Fsp3) is 0.464. The number of ether oxygens (including phenoxy) is 6. The number of hydrogen-bond donors (Lipinski definition) is 1. The predicted molar refractivity (Wildman–Crippen MR) is 137 cm³/mol. The Labute approximate surface area is 212 Å². The van der Waals surface area contributed by atoms with Gasteiger partial charge in [-0.3, -0.25) is 0 Å². The average molecular weight is 501 g/mol. The van der Waals surface area contributed by atoms with Crippen molar-refractivity contribution in [2.45, 2.75) is 46.1 Å². The highest BCUT2D eigenvalue weighted by Gasteiger charge is 2.38. The maximum atomic E-state index is 13.0. The van der Waals surface area contributed by atoms with Crippen LogP contribution < -0.4 is 28.4 Å². The van der Waals surface area contributed by atoms with Crippen molar-refractivity contribution in [1.29, 1.82) is 0 Å². The molecule has 196 valence electrons. The third-order valence-corrected chi connectivity index (χ3v) is 6.96. The summed E-state index contributed by atoms with van der Waals surface area (Å²) >= 11 is 0. The Bertz CT molecular complexity index is 1180. The van der Waals surface area contributed by atoms with E-state index in [0.717, 1.165) is 11.1 Å². The minimum atomic E-state index is -1.05. The number of carbonyl (C=O) groups is 1. The minimum absolute atomic E-state index is 0.151. The molecule has 0 amide bonds. The maximum Gasteiger partial charge on any atom is 0.338 e. The third kappa shape index (κ3) is 4.69. The van der Waals surface area contributed by atoms with Crippen LogP contribution in [0.4, 0.5) is 0 Å². The van der Waals surface area contributed by atoms with Gasteiger partial charge in [0.15, 0.2) is 23.0 Å². The van der Waals surface area contributed by atoms with Crippen molar-refractivity contribution in [1.82, 2.24) is 0 Å². The molecule has 8 heteroatoms. The van der Waals surface area contributed by atoms with Crippen LogP contribution in [-0.4, -0.2) is 52.2 Å². The molecule has 0 aromatic heterocycles. The predicted octanol–water partition coefficient (Wildman–Crippen LogP) is 4.75. The van der Waals surface area contributed by atoms with Crippen molar-refractivity contribution >= 4 is 5.97 Å². The molecule has 1 N–H and O–H groups in total. The van der Waals surface area contributed by atoms with E-state index >= 15 is 0 Å². The zero-order valence-electron chi connectivity index (χ0n) is 22.5. The monoisotopic (exact) mass is 500 g/mol. The Morgan fingerprint density at radius 3 is 1.89 bits per heavy atom. The molecule has 1 aliphatic rings. The van der Waals surface area contributed by atoms with Crippen LogP contribution >= 0.6 is 0 Å². The molecule has 36 heavy (non-hydrogen) atoms. The van der Waals surface area contributed by atoms with Gasteiger partial charge in [-0.25, -0.2) is 4.79 Å². The van der Waals surface area contributed by atoms with E-state index in [1.54, 1.807) is 27.0 Å². The van der Waals surface area contributed by atoms with Crippen LogP contribution in [-0.2, 0) is 17.6 Å². The van der Waals surface area contributed by atoms with Crippen molar-refractivity contribution in [2.24, 2.45) is 5.92 Å². The van der Waals surface area contributed by atoms with Gasteiger partial charge in [0, 0.05) is 23.1 Å². The van der Waals surface area contributed by atoms with E-state index in [1.807, 2.05) is 26.0 Å². The average Bonchev–Trinajstić information content (AvgIpc) is 2.86. The van der Waals surface area contributed by atoms with E-state index in [9.17, 15) is 9.90 Å². The van der Waals surface area contributed by atoms with Crippen LogP contribution in [0.15, 0.2) is 23.8 Å². The molecule has 0 spiro atoms. The van der Waals surface area contributed by atoms with Crippen molar-refractivity contribution < 1.29 is 38.3 Å². The Balaban J connectivity index is 2.56. The van der Waals surface area contributed by atoms with Gasteiger partial charge in [0.1, 0.15) is 0 Å². The van der Waals surface area contributed by atoms with Crippen LogP contribution in [0.1, 0.15) is 38.8 Å². The molecule has 0 bridgehead atoms. The molecule has 2 atom stereocenters. The van der Waals surface area contributed by atoms with Crippen molar-refractivity contribution in [3.05, 3.63) is 34.9 Å². The maximum absolute atomic E-state index is 13.0. The minimum Gasteiger partial charge on any atom is -0.493 e. The van der Waals surface area contributed by atoms with E-state index in [2.05, 4.69) is 0 Å². The number of hydrogen-bond acceptors (Lipinski definition) is 8. The van der Waals surface area contributed by atoms with Crippen molar-refractivity contribution in [3.63, 3.8) is 0 Å². The number of allylic oxidation sites excluding steroid dienone is 1. The first-order valence-corrected chi connectivity index (χ1v) is 11.8. The van der Waals surface area contributed by atoms with E-state index in [4.69, 9.17) is 28.4 Å². The molecule has 0 heterocycles. The number of aliphatic hydroxyl groups is 1. The van der Waals surface area contributed by atoms with Gasteiger partial charge in [0.2, 0.25) is 11.5 Å². The van der Waals surface area contributed by atoms with Crippen molar-refractivity contribution in [2.75, 3.05) is 35.5 Å². The van der Waals surface area contributed by atoms with Gasteiger partial charge in [0.05, 0.1) is 41.2 Å². The highest BCUT2D eigenvalue weighted by molar-refractivity contribution is 5.94. The lowest BCUT2D eigenvalue weighted by Crippen LogP contribution is -2.37. The zero-order chi connectivity index (χ0) is 26.8. The summed E-state index contributed by atoms with van der Waals surface area (Å²) in [5.74, 6) is 1.46. The molecule has 2 aromatic carbocycles. The standard InChI is InChI=1S/C28H36O8/c1-10-15(2)27(29)36-26-21-17(12-19(31-5)24(26)34-8)11-16(3)28(4,30)14-18-13-20(32-6)23(33-7)25(35-9)22(18)21/h10,12-13,16,30H,11,14H2,1-9H3/b15-10-/t16-,28+/m0/s1. The van der Waals surface area contributed by atoms with Gasteiger partial charge in [0.25, 0.3) is 0 Å². The second-order valence-corrected chi connectivity index (χ2v) is 9.16. The summed E-state index contributed by atoms with van der Waals surface area (Å²) in [7, 11) is 7.63. The highest BCUT2D eigenvalue weighted by atomic mass is 16.6. The zero-order valence-corrected chi connectivity index (χ0v) is 22.5. The molecule has 8 nitrogen and oxygen atoms in total. The van der Waals surface area contributed by atoms with Gasteiger partial charge >= 0.3 is 5.97 Å². The summed E-state index contributed by atoms with van der Waals surface area (Å²) < 4.78 is 34.5. The largest absolute Gasteiger partial charge is 0.493 e. The molecule has 0 saturated carbocycles. The Kier molecular flexibility index (Phi) is 8.09. The van der Waals surface area contributed by atoms with E-state index in [0.29, 0.717) is 52.5 Å². The van der Waals surface area contributed by atoms with Crippen molar-refractivity contribution in [3.8, 4) is 45.6 Å². The number of esters is 1. The number of methoxy groups -OCH3 is 5. The van der Waals surface area contributed by atoms with E-state index in [1.165, 1.54) is 28.4 Å². The number of fused-ring (bicyclic) bond motifs is 3. The van der Waals surface area contributed by atoms with Gasteiger partial charge in [-0.2, -0.15) is 0 Å². The molecule has 0 aliphatic heterocycles. The summed E-state index contributed by atoms with van der Waals surface area (Å²) in [6.07, 6.45) is 2.46. The summed E-state index contributed by atoms with van der Waals surface area (Å²) in [5.41, 5.74) is 2.17. The number of benzene rings is 2. The smallest absolute Gasteiger partial charge is 0.338 e. The van der Waals surface area contributed by atoms with Gasteiger partial charge in [-0.05, 0) is 56.4 Å². The number of carbonyl (C=O) groups excluding carboxylic acids is 1. The molecule has 0 fully saturated rings. The lowest BCUT2D eigenvalue weighted by molar-refractivity contribution is -0.130. The van der Waals surface area contributed by atoms with Crippen LogP contribution in [0.25, 0.3) is 11.1 Å². The molecule has 0 radical (unpaired) electrons. The summed E-state index contributed by atoms with van der Waals surface area (Å²) in [6, 6.07) is 3.68. The molecule has 1 aliphatic carbocycles. The first kappa shape index (κ1) is 27.2. The van der Waals surface area contributed by atoms with Crippen LogP contribution in [0.3, 0.4) is 0 Å². The van der Waals surface area contributed by atoms with Crippen LogP contribution in [0.5, 0.6) is 34.5 Å². The summed E-state index contributed by atoms with van der Waals surface area (Å²) in [6.45, 7) is 7.25. The van der Waals surface area contributed by atoms with Crippen LogP contribution in [0, 0.1) is 5.92 Å². The molecule has 0 unspecified atom stereocenters. The lowest BCUT2D eigenvalue weighted by atomic mass is 9.75. The second-order valence-electron chi connectivity index (χ2n) is 9.16. The first-order valence-electron chi connectivity index (χ1n) is 11.8. The Morgan fingerprint density at radius 1 is 0.889 bits per heavy atom. The highest BCUT2D eigenvalue weighted by Crippen LogP contribution is 2.56. The third-order valence-electron chi connectivity index (χ3n) is 6.96. The molecule has 3 rings (SSSR count). The van der Waals surface area contributed by atoms with Crippen LogP contribution in [0.2, 0.25) is 0 Å². The quantitative estimate of drug-likeness (QED) is 0.331. The summed E-state index contributed by atoms with van der Waals surface area (Å²) in [5, 5.41) is 11.5. The fourth-order valence-electron chi connectivity index (χ4n) is 4.57. The Hall–Kier alpha value is -3.39. The molecular weight excluding hydrogens is 464 g/mol. The van der Waals surface area contributed by atoms with E-state index in [-0.39, 0.29) is 17.4 Å². The SMILES string of the molecule is C/C=C(/C)C(=O)Oc1c(OC)c(OC)cc2c1-c1c(cc(OC)c(OC)c1OC)C[C@@](C)(O)[C@@H](C)C2. The summed E-state index contributed by atoms with van der Waals surface area (Å²) in [4.78, 5) is 13.0. The molecule has 2 aromatic rings. The topological polar surface area (TPSA) is 92.7 Å². The lowest BCUT2D eigenvalue weighted by Gasteiger charge is -2.36. The van der Waals surface area contributed by atoms with Gasteiger partial charge < -0.3 is 33.5 Å². The van der Waals surface area contributed by atoms with E-state index < -0.39 is 11.6 Å². The number of rotatable bonds is 7. The second kappa shape index (κ2) is 10.7. The van der Waals surface area contributed by atoms with Gasteiger partial charge in [-0.15, -0.1) is 0 Å². The first-order chi connectivity index (χ1) is 17.1. The normalized spacial score (nSPS) is 19.3. The Morgan fingerprint density at radius 2 is 1.39 bits per heavy atom. The van der Waals surface area contributed by atoms with Gasteiger partial charge in [-0.1, -0.05) is 13.0 Å². The fourth-order valence-corrected chi connectivity index (χ4v) is 4.57. The molecular formula is C28H36O8.